The van der Waals surface area contributed by atoms with E-state index in [1.54, 1.807) is 0 Å². The van der Waals surface area contributed by atoms with Crippen molar-refractivity contribution in [1.82, 2.24) is 0 Å². The zero-order valence-electron chi connectivity index (χ0n) is 16.5. The molecule has 1 aliphatic heterocycles. The van der Waals surface area contributed by atoms with Crippen molar-refractivity contribution in [1.29, 1.82) is 0 Å². The molecule has 0 N–H and O–H groups in total. The highest BCUT2D eigenvalue weighted by Gasteiger charge is 2.61. The van der Waals surface area contributed by atoms with Crippen LogP contribution in [0.4, 0.5) is 0 Å². The Morgan fingerprint density at radius 2 is 1.48 bits per heavy atom. The van der Waals surface area contributed by atoms with Gasteiger partial charge in [0.25, 0.3) is 0 Å². The van der Waals surface area contributed by atoms with Gasteiger partial charge < -0.3 is 9.47 Å². The van der Waals surface area contributed by atoms with Gasteiger partial charge in [-0.3, -0.25) is 9.59 Å². The van der Waals surface area contributed by atoms with Gasteiger partial charge in [-0.15, -0.1) is 0 Å². The van der Waals surface area contributed by atoms with E-state index in [9.17, 15) is 9.59 Å². The second-order valence-corrected chi connectivity index (χ2v) is 8.30. The number of Topliss-reactive ketones (excluding diaryl/α,β-unsaturated/α-hetero) is 2. The van der Waals surface area contributed by atoms with E-state index in [1.165, 1.54) is 5.56 Å². The lowest BCUT2D eigenvalue weighted by Crippen LogP contribution is -2.40. The molecule has 3 aliphatic rings. The van der Waals surface area contributed by atoms with Gasteiger partial charge in [0.1, 0.15) is 5.92 Å². The maximum atomic E-state index is 13.4. The molecule has 27 heavy (non-hydrogen) atoms. The summed E-state index contributed by atoms with van der Waals surface area (Å²) in [6.07, 6.45) is 2.63. The lowest BCUT2D eigenvalue weighted by atomic mass is 9.83. The molecule has 1 aromatic rings. The van der Waals surface area contributed by atoms with Gasteiger partial charge in [-0.1, -0.05) is 38.1 Å². The molecule has 3 atom stereocenters. The van der Waals surface area contributed by atoms with Crippen LogP contribution in [0.5, 0.6) is 0 Å². The molecule has 4 heteroatoms. The van der Waals surface area contributed by atoms with E-state index in [-0.39, 0.29) is 23.4 Å². The van der Waals surface area contributed by atoms with E-state index < -0.39 is 11.7 Å². The van der Waals surface area contributed by atoms with Crippen molar-refractivity contribution in [3.05, 3.63) is 46.5 Å². The largest absolute Gasteiger partial charge is 0.345 e. The summed E-state index contributed by atoms with van der Waals surface area (Å²) < 4.78 is 11.8. The molecule has 0 aromatic heterocycles. The summed E-state index contributed by atoms with van der Waals surface area (Å²) in [6.45, 7) is 11.0. The second-order valence-electron chi connectivity index (χ2n) is 8.30. The Bertz CT molecular complexity index is 761. The molecule has 2 saturated carbocycles. The lowest BCUT2D eigenvalue weighted by molar-refractivity contribution is -0.247. The van der Waals surface area contributed by atoms with Gasteiger partial charge in [0, 0.05) is 24.7 Å². The first kappa shape index (κ1) is 18.6. The molecule has 0 bridgehead atoms. The molecule has 1 aromatic carbocycles. The van der Waals surface area contributed by atoms with E-state index in [0.717, 1.165) is 35.1 Å². The van der Waals surface area contributed by atoms with Gasteiger partial charge in [-0.05, 0) is 42.0 Å². The average molecular weight is 368 g/mol. The van der Waals surface area contributed by atoms with Crippen LogP contribution < -0.4 is 0 Å². The van der Waals surface area contributed by atoms with Crippen molar-refractivity contribution in [2.45, 2.75) is 58.2 Å². The van der Waals surface area contributed by atoms with Crippen LogP contribution >= 0.6 is 0 Å². The molecule has 3 fully saturated rings. The normalized spacial score (nSPS) is 29.6. The first-order valence-electron chi connectivity index (χ1n) is 10.0. The molecule has 1 heterocycles. The predicted molar refractivity (Wildman–Crippen MR) is 103 cm³/mol. The molecular formula is C23H28O4. The van der Waals surface area contributed by atoms with Crippen LogP contribution in [0.3, 0.4) is 0 Å². The Morgan fingerprint density at radius 3 is 1.93 bits per heavy atom. The van der Waals surface area contributed by atoms with Crippen LogP contribution in [-0.2, 0) is 31.9 Å². The highest BCUT2D eigenvalue weighted by Crippen LogP contribution is 2.53. The van der Waals surface area contributed by atoms with E-state index in [2.05, 4.69) is 39.5 Å². The molecule has 4 nitrogen and oxygen atoms in total. The summed E-state index contributed by atoms with van der Waals surface area (Å²) in [5.74, 6) is -1.84. The third-order valence-electron chi connectivity index (χ3n) is 6.47. The maximum absolute atomic E-state index is 13.4. The highest BCUT2D eigenvalue weighted by molar-refractivity contribution is 6.16. The molecular weight excluding hydrogens is 340 g/mol. The quantitative estimate of drug-likeness (QED) is 0.603. The molecule has 0 amide bonds. The summed E-state index contributed by atoms with van der Waals surface area (Å²) in [5, 5.41) is 0. The minimum absolute atomic E-state index is 0.0618. The van der Waals surface area contributed by atoms with Crippen LogP contribution in [0, 0.1) is 18.8 Å². The summed E-state index contributed by atoms with van der Waals surface area (Å²) in [7, 11) is 0. The minimum Gasteiger partial charge on any atom is -0.345 e. The topological polar surface area (TPSA) is 52.6 Å². The number of fused-ring (bicyclic) bond motifs is 1. The van der Waals surface area contributed by atoms with Crippen molar-refractivity contribution >= 4 is 11.6 Å². The number of ketones is 2. The Balaban J connectivity index is 1.67. The lowest BCUT2D eigenvalue weighted by Gasteiger charge is -2.35. The van der Waals surface area contributed by atoms with E-state index >= 15 is 0 Å². The fourth-order valence-electron chi connectivity index (χ4n) is 5.18. The van der Waals surface area contributed by atoms with Crippen molar-refractivity contribution < 1.29 is 19.1 Å². The van der Waals surface area contributed by atoms with Gasteiger partial charge >= 0.3 is 0 Å². The van der Waals surface area contributed by atoms with Crippen molar-refractivity contribution in [3.8, 4) is 0 Å². The Hall–Kier alpha value is -1.78. The summed E-state index contributed by atoms with van der Waals surface area (Å²) in [6, 6.07) is 4.26. The average Bonchev–Trinajstić information content (AvgIpc) is 3.13. The van der Waals surface area contributed by atoms with Gasteiger partial charge in [0.15, 0.2) is 17.4 Å². The number of aryl methyl sites for hydroxylation is 3. The number of ether oxygens (including phenoxy) is 2. The van der Waals surface area contributed by atoms with Crippen LogP contribution in [0.15, 0.2) is 24.3 Å². The number of hydrogen-bond acceptors (Lipinski definition) is 4. The Labute approximate surface area is 160 Å². The Morgan fingerprint density at radius 1 is 1.00 bits per heavy atom. The molecule has 4 rings (SSSR count). The van der Waals surface area contributed by atoms with Gasteiger partial charge in [0.05, 0.1) is 13.2 Å². The van der Waals surface area contributed by atoms with E-state index in [1.807, 2.05) is 0 Å². The maximum Gasteiger partial charge on any atom is 0.170 e. The standard InChI is InChI=1S/C23H28O4/c1-5-15-7-13(3)8-16(6-2)19(15)20-21(24)17-9-23(10-18(17)22(20)25)26-11-14(4)12-27-23/h7-8,17-18,20H,4-6,9-12H2,1-3H3/t17-,18+,20?. The smallest absolute Gasteiger partial charge is 0.170 e. The van der Waals surface area contributed by atoms with Crippen LogP contribution in [0.1, 0.15) is 54.9 Å². The zero-order chi connectivity index (χ0) is 19.3. The van der Waals surface area contributed by atoms with Crippen LogP contribution in [0.2, 0.25) is 0 Å². The Kier molecular flexibility index (Phi) is 4.59. The number of hydrogen-bond donors (Lipinski definition) is 0. The molecule has 144 valence electrons. The summed E-state index contributed by atoms with van der Waals surface area (Å²) in [5.41, 5.74) is 5.33. The monoisotopic (exact) mass is 368 g/mol. The van der Waals surface area contributed by atoms with Crippen molar-refractivity contribution in [2.75, 3.05) is 13.2 Å². The summed E-state index contributed by atoms with van der Waals surface area (Å²) >= 11 is 0. The molecule has 2 aliphatic carbocycles. The number of carbonyl (C=O) groups excluding carboxylic acids is 2. The van der Waals surface area contributed by atoms with Gasteiger partial charge in [0.2, 0.25) is 0 Å². The van der Waals surface area contributed by atoms with Crippen molar-refractivity contribution in [2.24, 2.45) is 11.8 Å². The van der Waals surface area contributed by atoms with Crippen LogP contribution in [0.25, 0.3) is 0 Å². The molecule has 0 radical (unpaired) electrons. The number of benzene rings is 1. The van der Waals surface area contributed by atoms with E-state index in [0.29, 0.717) is 26.1 Å². The number of rotatable bonds is 3. The zero-order valence-corrected chi connectivity index (χ0v) is 16.5. The highest BCUT2D eigenvalue weighted by atomic mass is 16.7. The molecule has 1 spiro atoms. The summed E-state index contributed by atoms with van der Waals surface area (Å²) in [4.78, 5) is 26.7. The third-order valence-corrected chi connectivity index (χ3v) is 6.47. The fourth-order valence-corrected chi connectivity index (χ4v) is 5.18. The van der Waals surface area contributed by atoms with E-state index in [4.69, 9.17) is 9.47 Å². The van der Waals surface area contributed by atoms with Gasteiger partial charge in [-0.2, -0.15) is 0 Å². The first-order chi connectivity index (χ1) is 12.9. The molecule has 1 saturated heterocycles. The van der Waals surface area contributed by atoms with Gasteiger partial charge in [-0.25, -0.2) is 0 Å². The SMILES string of the molecule is C=C1COC2(C[C@@H]3C(=O)C(c4c(CC)cc(C)cc4CC)C(=O)[C@@H]3C2)OC1. The second kappa shape index (κ2) is 6.68. The number of carbonyl (C=O) groups is 2. The fraction of sp³-hybridized carbons (Fsp3) is 0.565. The van der Waals surface area contributed by atoms with Crippen molar-refractivity contribution in [3.63, 3.8) is 0 Å². The third kappa shape index (κ3) is 2.90. The predicted octanol–water partition coefficient (Wildman–Crippen LogP) is 3.68. The first-order valence-corrected chi connectivity index (χ1v) is 10.0. The molecule has 1 unspecified atom stereocenters. The van der Waals surface area contributed by atoms with Crippen LogP contribution in [-0.4, -0.2) is 30.6 Å². The minimum atomic E-state index is -0.777.